The molecule has 1 aliphatic carbocycles. The zero-order chi connectivity index (χ0) is 12.1. The average Bonchev–Trinajstić information content (AvgIpc) is 2.67. The van der Waals surface area contributed by atoms with Gasteiger partial charge in [-0.1, -0.05) is 13.3 Å². The maximum absolute atomic E-state index is 3.96. The smallest absolute Gasteiger partial charge is 0.0198 e. The number of rotatable bonds is 4. The summed E-state index contributed by atoms with van der Waals surface area (Å²) in [4.78, 5) is 2.60. The van der Waals surface area contributed by atoms with E-state index >= 15 is 0 Å². The number of likely N-dealkylation sites (tertiary alicyclic amines) is 1. The van der Waals surface area contributed by atoms with Gasteiger partial charge >= 0.3 is 0 Å². The molecule has 2 rings (SSSR count). The van der Waals surface area contributed by atoms with Gasteiger partial charge < -0.3 is 10.2 Å². The van der Waals surface area contributed by atoms with Crippen molar-refractivity contribution in [1.82, 2.24) is 10.2 Å². The summed E-state index contributed by atoms with van der Waals surface area (Å²) in [6, 6.07) is 1.58. The van der Waals surface area contributed by atoms with Crippen LogP contribution in [-0.2, 0) is 0 Å². The molecule has 17 heavy (non-hydrogen) atoms. The Morgan fingerprint density at radius 1 is 1.12 bits per heavy atom. The SMILES string of the molecule is CCN1CCCC(NC2CCCC2SC)CC1. The first-order valence-corrected chi connectivity index (χ1v) is 8.63. The van der Waals surface area contributed by atoms with Gasteiger partial charge in [-0.2, -0.15) is 11.8 Å². The Morgan fingerprint density at radius 3 is 2.76 bits per heavy atom. The molecule has 1 aliphatic heterocycles. The van der Waals surface area contributed by atoms with E-state index in [-0.39, 0.29) is 0 Å². The van der Waals surface area contributed by atoms with Gasteiger partial charge in [0.15, 0.2) is 0 Å². The molecule has 100 valence electrons. The summed E-state index contributed by atoms with van der Waals surface area (Å²) in [5.41, 5.74) is 0. The van der Waals surface area contributed by atoms with Crippen molar-refractivity contribution in [3.05, 3.63) is 0 Å². The fraction of sp³-hybridized carbons (Fsp3) is 1.00. The van der Waals surface area contributed by atoms with Crippen LogP contribution in [0.2, 0.25) is 0 Å². The minimum absolute atomic E-state index is 0.782. The molecule has 0 spiro atoms. The molecule has 2 nitrogen and oxygen atoms in total. The zero-order valence-corrected chi connectivity index (χ0v) is 12.3. The Morgan fingerprint density at radius 2 is 2.00 bits per heavy atom. The van der Waals surface area contributed by atoms with Gasteiger partial charge in [0.05, 0.1) is 0 Å². The van der Waals surface area contributed by atoms with Gasteiger partial charge in [0.2, 0.25) is 0 Å². The lowest BCUT2D eigenvalue weighted by atomic mass is 10.1. The number of hydrogen-bond acceptors (Lipinski definition) is 3. The minimum Gasteiger partial charge on any atom is -0.310 e. The molecule has 0 aromatic carbocycles. The van der Waals surface area contributed by atoms with Gasteiger partial charge in [0, 0.05) is 17.3 Å². The molecular formula is C14H28N2S. The van der Waals surface area contributed by atoms with Gasteiger partial charge in [-0.3, -0.25) is 0 Å². The molecule has 0 radical (unpaired) electrons. The van der Waals surface area contributed by atoms with Crippen LogP contribution >= 0.6 is 11.8 Å². The first-order chi connectivity index (χ1) is 8.33. The number of hydrogen-bond donors (Lipinski definition) is 1. The molecule has 3 heteroatoms. The van der Waals surface area contributed by atoms with E-state index < -0.39 is 0 Å². The van der Waals surface area contributed by atoms with Crippen molar-refractivity contribution in [3.8, 4) is 0 Å². The van der Waals surface area contributed by atoms with Gasteiger partial charge in [-0.25, -0.2) is 0 Å². The van der Waals surface area contributed by atoms with Crippen LogP contribution < -0.4 is 5.32 Å². The molecule has 3 atom stereocenters. The molecule has 1 heterocycles. The predicted octanol–water partition coefficient (Wildman–Crippen LogP) is 2.73. The second kappa shape index (κ2) is 7.01. The zero-order valence-electron chi connectivity index (χ0n) is 11.5. The second-order valence-corrected chi connectivity index (χ2v) is 6.62. The molecule has 2 fully saturated rings. The van der Waals surface area contributed by atoms with Crippen LogP contribution in [-0.4, -0.2) is 48.1 Å². The number of nitrogens with one attached hydrogen (secondary N) is 1. The predicted molar refractivity (Wildman–Crippen MR) is 77.8 cm³/mol. The van der Waals surface area contributed by atoms with E-state index in [0.717, 1.165) is 17.3 Å². The lowest BCUT2D eigenvalue weighted by molar-refractivity contribution is 0.295. The van der Waals surface area contributed by atoms with E-state index in [1.54, 1.807) is 0 Å². The highest BCUT2D eigenvalue weighted by Crippen LogP contribution is 2.29. The molecule has 0 aromatic heterocycles. The largest absolute Gasteiger partial charge is 0.310 e. The van der Waals surface area contributed by atoms with Crippen LogP contribution in [0, 0.1) is 0 Å². The van der Waals surface area contributed by atoms with E-state index in [1.807, 2.05) is 0 Å². The van der Waals surface area contributed by atoms with E-state index in [2.05, 4.69) is 35.2 Å². The number of nitrogens with zero attached hydrogens (tertiary/aromatic N) is 1. The third-order valence-electron chi connectivity index (χ3n) is 4.47. The lowest BCUT2D eigenvalue weighted by Gasteiger charge is -2.25. The molecule has 0 amide bonds. The Balaban J connectivity index is 1.78. The molecule has 1 saturated carbocycles. The molecular weight excluding hydrogens is 228 g/mol. The first kappa shape index (κ1) is 13.7. The summed E-state index contributed by atoms with van der Waals surface area (Å²) in [6.45, 7) is 6.12. The van der Waals surface area contributed by atoms with Crippen LogP contribution in [0.25, 0.3) is 0 Å². The number of thioether (sulfide) groups is 1. The van der Waals surface area contributed by atoms with Crippen molar-refractivity contribution in [2.24, 2.45) is 0 Å². The van der Waals surface area contributed by atoms with Gasteiger partial charge in [0.25, 0.3) is 0 Å². The third-order valence-corrected chi connectivity index (χ3v) is 5.64. The monoisotopic (exact) mass is 256 g/mol. The Kier molecular flexibility index (Phi) is 5.64. The maximum atomic E-state index is 3.96. The van der Waals surface area contributed by atoms with Crippen molar-refractivity contribution >= 4 is 11.8 Å². The van der Waals surface area contributed by atoms with Crippen LogP contribution in [0.1, 0.15) is 45.4 Å². The minimum atomic E-state index is 0.782. The van der Waals surface area contributed by atoms with Gasteiger partial charge in [-0.05, 0) is 58.0 Å². The quantitative estimate of drug-likeness (QED) is 0.832. The fourth-order valence-corrected chi connectivity index (χ4v) is 4.29. The Hall–Kier alpha value is 0.270. The van der Waals surface area contributed by atoms with Crippen LogP contribution in [0.15, 0.2) is 0 Å². The fourth-order valence-electron chi connectivity index (χ4n) is 3.34. The van der Waals surface area contributed by atoms with Gasteiger partial charge in [-0.15, -0.1) is 0 Å². The Bertz CT molecular complexity index is 222. The van der Waals surface area contributed by atoms with Crippen LogP contribution in [0.3, 0.4) is 0 Å². The summed E-state index contributed by atoms with van der Waals surface area (Å²) in [5.74, 6) is 0. The average molecular weight is 256 g/mol. The van der Waals surface area contributed by atoms with Crippen molar-refractivity contribution in [1.29, 1.82) is 0 Å². The van der Waals surface area contributed by atoms with E-state index in [1.165, 1.54) is 58.2 Å². The third kappa shape index (κ3) is 3.87. The molecule has 0 bridgehead atoms. The summed E-state index contributed by atoms with van der Waals surface area (Å²) >= 11 is 2.07. The normalized spacial score (nSPS) is 36.0. The molecule has 3 unspecified atom stereocenters. The van der Waals surface area contributed by atoms with E-state index in [0.29, 0.717) is 0 Å². The summed E-state index contributed by atoms with van der Waals surface area (Å²) in [6.07, 6.45) is 10.6. The highest BCUT2D eigenvalue weighted by Gasteiger charge is 2.28. The topological polar surface area (TPSA) is 15.3 Å². The standard InChI is InChI=1S/C14H28N2S/c1-3-16-10-5-6-12(9-11-16)15-13-7-4-8-14(13)17-2/h12-15H,3-11H2,1-2H3. The first-order valence-electron chi connectivity index (χ1n) is 7.34. The van der Waals surface area contributed by atoms with Gasteiger partial charge in [0.1, 0.15) is 0 Å². The van der Waals surface area contributed by atoms with Crippen LogP contribution in [0.5, 0.6) is 0 Å². The van der Waals surface area contributed by atoms with Crippen molar-refractivity contribution in [3.63, 3.8) is 0 Å². The van der Waals surface area contributed by atoms with Crippen molar-refractivity contribution in [2.45, 2.75) is 62.8 Å². The van der Waals surface area contributed by atoms with E-state index in [4.69, 9.17) is 0 Å². The van der Waals surface area contributed by atoms with Crippen molar-refractivity contribution in [2.75, 3.05) is 25.9 Å². The molecule has 0 aromatic rings. The molecule has 2 aliphatic rings. The summed E-state index contributed by atoms with van der Waals surface area (Å²) in [7, 11) is 0. The summed E-state index contributed by atoms with van der Waals surface area (Å²) < 4.78 is 0. The highest BCUT2D eigenvalue weighted by atomic mass is 32.2. The molecule has 1 N–H and O–H groups in total. The van der Waals surface area contributed by atoms with Crippen molar-refractivity contribution < 1.29 is 0 Å². The summed E-state index contributed by atoms with van der Waals surface area (Å²) in [5, 5.41) is 4.83. The highest BCUT2D eigenvalue weighted by molar-refractivity contribution is 7.99. The Labute approximate surface area is 111 Å². The maximum Gasteiger partial charge on any atom is 0.0198 e. The molecule has 1 saturated heterocycles. The van der Waals surface area contributed by atoms with E-state index in [9.17, 15) is 0 Å². The second-order valence-electron chi connectivity index (χ2n) is 5.54. The van der Waals surface area contributed by atoms with Crippen LogP contribution in [0.4, 0.5) is 0 Å². The lowest BCUT2D eigenvalue weighted by Crippen LogP contribution is -2.42.